The molecule has 1 saturated heterocycles. The lowest BCUT2D eigenvalue weighted by molar-refractivity contribution is -0.147. The second kappa shape index (κ2) is 12.3. The third-order valence-corrected chi connectivity index (χ3v) is 9.15. The SMILES string of the molecule is C[C@H](NS(=O)(=O)c1ccc(-c2sc(-c3noc(CC(C)(C)O)n3)nc2C(=O)N2CCC(F)CC2)c(C(F)F)c1F)C(F)(F)F. The Labute approximate surface area is 250 Å². The summed E-state index contributed by atoms with van der Waals surface area (Å²) in [5.74, 6) is -3.09. The maximum Gasteiger partial charge on any atom is 0.404 e. The molecule has 3 heterocycles. The topological polar surface area (TPSA) is 139 Å². The number of hydrogen-bond acceptors (Lipinski definition) is 9. The zero-order valence-corrected chi connectivity index (χ0v) is 24.9. The van der Waals surface area contributed by atoms with Crippen LogP contribution >= 0.6 is 11.3 Å². The predicted octanol–water partition coefficient (Wildman–Crippen LogP) is 5.05. The Morgan fingerprint density at radius 2 is 1.84 bits per heavy atom. The van der Waals surface area contributed by atoms with Gasteiger partial charge in [-0.05, 0) is 39.7 Å². The number of aromatic nitrogens is 3. The molecule has 19 heteroatoms. The Hall–Kier alpha value is -3.16. The van der Waals surface area contributed by atoms with Crippen molar-refractivity contribution < 1.29 is 53.6 Å². The Morgan fingerprint density at radius 3 is 2.41 bits per heavy atom. The van der Waals surface area contributed by atoms with Gasteiger partial charge in [0.2, 0.25) is 21.7 Å². The molecule has 44 heavy (non-hydrogen) atoms. The van der Waals surface area contributed by atoms with Gasteiger partial charge in [-0.3, -0.25) is 4.79 Å². The number of piperidine rings is 1. The molecule has 0 spiro atoms. The first kappa shape index (κ1) is 33.7. The van der Waals surface area contributed by atoms with Crippen LogP contribution in [0, 0.1) is 5.82 Å². The van der Waals surface area contributed by atoms with Crippen molar-refractivity contribution in [2.45, 2.75) is 75.3 Å². The minimum Gasteiger partial charge on any atom is -0.390 e. The van der Waals surface area contributed by atoms with E-state index in [4.69, 9.17) is 4.52 Å². The molecule has 2 N–H and O–H groups in total. The average Bonchev–Trinajstić information content (AvgIpc) is 3.53. The summed E-state index contributed by atoms with van der Waals surface area (Å²) in [6, 6.07) is -1.44. The molecule has 242 valence electrons. The molecule has 0 bridgehead atoms. The molecule has 0 saturated carbocycles. The van der Waals surface area contributed by atoms with Crippen LogP contribution in [0.2, 0.25) is 0 Å². The van der Waals surface area contributed by atoms with Crippen LogP contribution in [0.1, 0.15) is 62.0 Å². The Kier molecular flexibility index (Phi) is 9.44. The van der Waals surface area contributed by atoms with E-state index in [1.165, 1.54) is 23.5 Å². The number of rotatable bonds is 9. The standard InChI is InChI=1S/C25H26F7N5O5S2/c1-11(25(30,31)32)36-44(40,41)14-5-4-13(16(17(14)27)20(28)29)19-18(23(38)37-8-6-12(26)7-9-37)34-22(43-19)21-33-15(42-35-21)10-24(2,3)39/h4-5,11-12,20,36,39H,6-10H2,1-3H3/t11-/m0/s1. The lowest BCUT2D eigenvalue weighted by atomic mass is 10.0. The van der Waals surface area contributed by atoms with Crippen LogP contribution in [-0.2, 0) is 16.4 Å². The summed E-state index contributed by atoms with van der Waals surface area (Å²) in [4.78, 5) is 21.2. The van der Waals surface area contributed by atoms with Crippen molar-refractivity contribution in [3.63, 3.8) is 0 Å². The minimum absolute atomic E-state index is 0.00394. The highest BCUT2D eigenvalue weighted by Crippen LogP contribution is 2.42. The van der Waals surface area contributed by atoms with Crippen LogP contribution in [-0.4, -0.2) is 76.5 Å². The normalized spacial score (nSPS) is 16.1. The number of sulfonamides is 1. The molecule has 1 aromatic carbocycles. The van der Waals surface area contributed by atoms with Crippen molar-refractivity contribution in [1.29, 1.82) is 0 Å². The fraction of sp³-hybridized carbons (Fsp3) is 0.520. The number of carbonyl (C=O) groups excluding carboxylic acids is 1. The second-order valence-electron chi connectivity index (χ2n) is 10.7. The first-order chi connectivity index (χ1) is 20.3. The minimum atomic E-state index is -5.28. The van der Waals surface area contributed by atoms with Crippen molar-refractivity contribution in [1.82, 2.24) is 24.7 Å². The van der Waals surface area contributed by atoms with Gasteiger partial charge in [-0.25, -0.2) is 31.0 Å². The Bertz CT molecular complexity index is 1630. The molecular formula is C25H26F7N5O5S2. The van der Waals surface area contributed by atoms with E-state index < -0.39 is 73.9 Å². The van der Waals surface area contributed by atoms with Crippen LogP contribution < -0.4 is 4.72 Å². The average molecular weight is 674 g/mol. The maximum absolute atomic E-state index is 15.5. The fourth-order valence-corrected chi connectivity index (χ4v) is 6.62. The third kappa shape index (κ3) is 7.37. The van der Waals surface area contributed by atoms with Crippen molar-refractivity contribution in [2.24, 2.45) is 0 Å². The van der Waals surface area contributed by atoms with Crippen molar-refractivity contribution in [2.75, 3.05) is 13.1 Å². The van der Waals surface area contributed by atoms with E-state index >= 15 is 4.39 Å². The van der Waals surface area contributed by atoms with Crippen molar-refractivity contribution in [3.8, 4) is 21.3 Å². The van der Waals surface area contributed by atoms with Gasteiger partial charge in [0.05, 0.1) is 22.5 Å². The summed E-state index contributed by atoms with van der Waals surface area (Å²) < 4.78 is 128. The molecule has 0 aliphatic carbocycles. The number of nitrogens with zero attached hydrogens (tertiary/aromatic N) is 4. The summed E-state index contributed by atoms with van der Waals surface area (Å²) in [6.45, 7) is 3.31. The molecule has 0 radical (unpaired) electrons. The summed E-state index contributed by atoms with van der Waals surface area (Å²) in [7, 11) is -5.28. The Balaban J connectivity index is 1.85. The summed E-state index contributed by atoms with van der Waals surface area (Å²) in [5, 5.41) is 13.6. The molecule has 0 unspecified atom stereocenters. The summed E-state index contributed by atoms with van der Waals surface area (Å²) in [5.41, 5.74) is -3.89. The van der Waals surface area contributed by atoms with E-state index in [1.54, 1.807) is 0 Å². The number of halogens is 7. The molecule has 4 rings (SSSR count). The summed E-state index contributed by atoms with van der Waals surface area (Å²) in [6.07, 6.45) is -10.0. The molecular weight excluding hydrogens is 647 g/mol. The monoisotopic (exact) mass is 673 g/mol. The molecule has 1 amide bonds. The first-order valence-corrected chi connectivity index (χ1v) is 15.3. The number of nitrogens with one attached hydrogen (secondary N) is 1. The quantitative estimate of drug-likeness (QED) is 0.301. The van der Waals surface area contributed by atoms with E-state index in [2.05, 4.69) is 15.1 Å². The molecule has 1 aliphatic rings. The number of amides is 1. The van der Waals surface area contributed by atoms with Crippen LogP contribution in [0.15, 0.2) is 21.6 Å². The number of alkyl halides is 6. The van der Waals surface area contributed by atoms with E-state index in [0.717, 1.165) is 6.07 Å². The largest absolute Gasteiger partial charge is 0.404 e. The first-order valence-electron chi connectivity index (χ1n) is 13.0. The Morgan fingerprint density at radius 1 is 1.20 bits per heavy atom. The van der Waals surface area contributed by atoms with Gasteiger partial charge in [-0.2, -0.15) is 22.9 Å². The van der Waals surface area contributed by atoms with Gasteiger partial charge in [0.1, 0.15) is 22.8 Å². The van der Waals surface area contributed by atoms with Gasteiger partial charge in [0.25, 0.3) is 12.3 Å². The van der Waals surface area contributed by atoms with Crippen LogP contribution in [0.25, 0.3) is 21.3 Å². The van der Waals surface area contributed by atoms with Gasteiger partial charge < -0.3 is 14.5 Å². The van der Waals surface area contributed by atoms with Gasteiger partial charge in [0.15, 0.2) is 10.8 Å². The second-order valence-corrected chi connectivity index (χ2v) is 13.4. The number of thiazole rings is 1. The van der Waals surface area contributed by atoms with Gasteiger partial charge >= 0.3 is 6.18 Å². The lowest BCUT2D eigenvalue weighted by Gasteiger charge is -2.28. The lowest BCUT2D eigenvalue weighted by Crippen LogP contribution is -2.43. The van der Waals surface area contributed by atoms with Gasteiger partial charge in [-0.15, -0.1) is 11.3 Å². The number of benzene rings is 1. The molecule has 1 atom stereocenters. The molecule has 1 aliphatic heterocycles. The van der Waals surface area contributed by atoms with E-state index in [1.807, 2.05) is 0 Å². The van der Waals surface area contributed by atoms with Crippen molar-refractivity contribution >= 4 is 27.3 Å². The van der Waals surface area contributed by atoms with E-state index in [0.29, 0.717) is 24.3 Å². The zero-order chi connectivity index (χ0) is 32.8. The van der Waals surface area contributed by atoms with Gasteiger partial charge in [0, 0.05) is 18.7 Å². The fourth-order valence-electron chi connectivity index (χ4n) is 4.28. The maximum atomic E-state index is 15.5. The van der Waals surface area contributed by atoms with Crippen LogP contribution in [0.3, 0.4) is 0 Å². The van der Waals surface area contributed by atoms with Crippen LogP contribution in [0.4, 0.5) is 30.7 Å². The van der Waals surface area contributed by atoms with Crippen LogP contribution in [0.5, 0.6) is 0 Å². The van der Waals surface area contributed by atoms with E-state index in [-0.39, 0.29) is 54.0 Å². The summed E-state index contributed by atoms with van der Waals surface area (Å²) >= 11 is 0.564. The molecule has 10 nitrogen and oxygen atoms in total. The van der Waals surface area contributed by atoms with E-state index in [9.17, 15) is 44.7 Å². The van der Waals surface area contributed by atoms with Gasteiger partial charge in [-0.1, -0.05) is 11.2 Å². The highest BCUT2D eigenvalue weighted by molar-refractivity contribution is 7.89. The molecule has 1 fully saturated rings. The smallest absolute Gasteiger partial charge is 0.390 e. The number of aliphatic hydroxyl groups is 1. The highest BCUT2D eigenvalue weighted by atomic mass is 32.2. The van der Waals surface area contributed by atoms with Crippen molar-refractivity contribution in [3.05, 3.63) is 35.1 Å². The predicted molar refractivity (Wildman–Crippen MR) is 142 cm³/mol. The number of likely N-dealkylation sites (tertiary alicyclic amines) is 1. The highest BCUT2D eigenvalue weighted by Gasteiger charge is 2.40. The number of hydrogen-bond donors (Lipinski definition) is 2. The third-order valence-electron chi connectivity index (χ3n) is 6.50. The molecule has 3 aromatic rings. The molecule has 2 aromatic heterocycles. The zero-order valence-electron chi connectivity index (χ0n) is 23.3. The number of carbonyl (C=O) groups is 1.